The lowest BCUT2D eigenvalue weighted by Crippen LogP contribution is -2.34. The zero-order chi connectivity index (χ0) is 16.5. The molecule has 0 atom stereocenters. The maximum Gasteiger partial charge on any atom is 0.308 e. The fourth-order valence-corrected chi connectivity index (χ4v) is 1.65. The van der Waals surface area contributed by atoms with E-state index >= 15 is 0 Å². The molecule has 0 unspecified atom stereocenters. The standard InChI is InChI=1S/C16H20N2O4/c1-4-9-17-16(21)15(18-11(2)19)10-13-5-7-14(8-6-13)22-12(3)20/h5-8,10H,4,9H2,1-3H3,(H,17,21)(H,18,19)/b15-10-. The Morgan fingerprint density at radius 3 is 2.27 bits per heavy atom. The van der Waals surface area contributed by atoms with Crippen LogP contribution >= 0.6 is 0 Å². The van der Waals surface area contributed by atoms with E-state index in [2.05, 4.69) is 10.6 Å². The van der Waals surface area contributed by atoms with Crippen LogP contribution in [0.15, 0.2) is 30.0 Å². The Morgan fingerprint density at radius 2 is 1.77 bits per heavy atom. The first-order valence-electron chi connectivity index (χ1n) is 6.98. The highest BCUT2D eigenvalue weighted by molar-refractivity contribution is 6.00. The third-order valence-electron chi connectivity index (χ3n) is 2.54. The van der Waals surface area contributed by atoms with E-state index in [0.717, 1.165) is 6.42 Å². The van der Waals surface area contributed by atoms with Crippen LogP contribution in [0.25, 0.3) is 6.08 Å². The Labute approximate surface area is 129 Å². The van der Waals surface area contributed by atoms with Crippen molar-refractivity contribution in [2.24, 2.45) is 0 Å². The van der Waals surface area contributed by atoms with Crippen LogP contribution in [0.4, 0.5) is 0 Å². The minimum absolute atomic E-state index is 0.168. The van der Waals surface area contributed by atoms with Gasteiger partial charge < -0.3 is 15.4 Å². The summed E-state index contributed by atoms with van der Waals surface area (Å²) < 4.78 is 4.93. The van der Waals surface area contributed by atoms with E-state index < -0.39 is 5.97 Å². The van der Waals surface area contributed by atoms with Gasteiger partial charge in [-0.2, -0.15) is 0 Å². The Kier molecular flexibility index (Phi) is 6.82. The second kappa shape index (κ2) is 8.61. The van der Waals surface area contributed by atoms with E-state index in [1.54, 1.807) is 30.3 Å². The number of carbonyl (C=O) groups excluding carboxylic acids is 3. The first kappa shape index (κ1) is 17.4. The number of hydrogen-bond acceptors (Lipinski definition) is 4. The molecule has 0 fully saturated rings. The smallest absolute Gasteiger partial charge is 0.308 e. The van der Waals surface area contributed by atoms with Gasteiger partial charge in [-0.3, -0.25) is 14.4 Å². The first-order valence-corrected chi connectivity index (χ1v) is 6.98. The number of carbonyl (C=O) groups is 3. The van der Waals surface area contributed by atoms with E-state index in [-0.39, 0.29) is 17.5 Å². The molecule has 0 heterocycles. The molecule has 118 valence electrons. The summed E-state index contributed by atoms with van der Waals surface area (Å²) in [5, 5.41) is 5.21. The molecule has 0 saturated heterocycles. The van der Waals surface area contributed by atoms with Crippen molar-refractivity contribution in [1.29, 1.82) is 0 Å². The Bertz CT molecular complexity index is 576. The Balaban J connectivity index is 2.92. The zero-order valence-electron chi connectivity index (χ0n) is 12.9. The molecule has 6 heteroatoms. The van der Waals surface area contributed by atoms with Gasteiger partial charge in [-0.15, -0.1) is 0 Å². The average Bonchev–Trinajstić information content (AvgIpc) is 2.45. The minimum Gasteiger partial charge on any atom is -0.427 e. The van der Waals surface area contributed by atoms with Crippen molar-refractivity contribution in [3.63, 3.8) is 0 Å². The fourth-order valence-electron chi connectivity index (χ4n) is 1.65. The van der Waals surface area contributed by atoms with Gasteiger partial charge >= 0.3 is 5.97 Å². The molecule has 6 nitrogen and oxygen atoms in total. The highest BCUT2D eigenvalue weighted by atomic mass is 16.5. The quantitative estimate of drug-likeness (QED) is 0.475. The van der Waals surface area contributed by atoms with Gasteiger partial charge in [0.15, 0.2) is 0 Å². The molecular formula is C16H20N2O4. The van der Waals surface area contributed by atoms with Gasteiger partial charge in [0.25, 0.3) is 5.91 Å². The third kappa shape index (κ3) is 6.21. The van der Waals surface area contributed by atoms with Crippen molar-refractivity contribution in [1.82, 2.24) is 10.6 Å². The molecule has 1 rings (SSSR count). The molecule has 2 N–H and O–H groups in total. The molecule has 0 spiro atoms. The van der Waals surface area contributed by atoms with Crippen molar-refractivity contribution in [2.75, 3.05) is 6.54 Å². The molecule has 0 aliphatic rings. The van der Waals surface area contributed by atoms with Crippen LogP contribution in [0.3, 0.4) is 0 Å². The Hall–Kier alpha value is -2.63. The molecule has 22 heavy (non-hydrogen) atoms. The van der Waals surface area contributed by atoms with Gasteiger partial charge in [0.05, 0.1) is 0 Å². The predicted molar refractivity (Wildman–Crippen MR) is 82.8 cm³/mol. The molecule has 0 saturated carbocycles. The van der Waals surface area contributed by atoms with Crippen LogP contribution < -0.4 is 15.4 Å². The average molecular weight is 304 g/mol. The molecule has 0 aliphatic carbocycles. The normalized spacial score (nSPS) is 10.8. The number of ether oxygens (including phenoxy) is 1. The van der Waals surface area contributed by atoms with Gasteiger partial charge in [-0.25, -0.2) is 0 Å². The van der Waals surface area contributed by atoms with Gasteiger partial charge in [0.1, 0.15) is 11.4 Å². The third-order valence-corrected chi connectivity index (χ3v) is 2.54. The molecule has 2 amide bonds. The molecular weight excluding hydrogens is 284 g/mol. The summed E-state index contributed by atoms with van der Waals surface area (Å²) >= 11 is 0. The predicted octanol–water partition coefficient (Wildman–Crippen LogP) is 1.62. The van der Waals surface area contributed by atoms with Crippen LogP contribution in [0.5, 0.6) is 5.75 Å². The minimum atomic E-state index is -0.402. The summed E-state index contributed by atoms with van der Waals surface area (Å²) in [4.78, 5) is 34.1. The maximum absolute atomic E-state index is 12.0. The van der Waals surface area contributed by atoms with E-state index in [4.69, 9.17) is 4.74 Å². The van der Waals surface area contributed by atoms with Gasteiger partial charge in [-0.05, 0) is 30.2 Å². The highest BCUT2D eigenvalue weighted by Crippen LogP contribution is 2.14. The lowest BCUT2D eigenvalue weighted by atomic mass is 10.1. The first-order chi connectivity index (χ1) is 10.4. The zero-order valence-corrected chi connectivity index (χ0v) is 12.9. The van der Waals surface area contributed by atoms with Crippen LogP contribution in [0.1, 0.15) is 32.8 Å². The summed E-state index contributed by atoms with van der Waals surface area (Å²) in [6, 6.07) is 6.60. The molecule has 0 aliphatic heterocycles. The summed E-state index contributed by atoms with van der Waals surface area (Å²) in [6.45, 7) is 5.13. The summed E-state index contributed by atoms with van der Waals surface area (Å²) in [5.74, 6) is -0.655. The monoisotopic (exact) mass is 304 g/mol. The molecule has 1 aromatic rings. The highest BCUT2D eigenvalue weighted by Gasteiger charge is 2.10. The van der Waals surface area contributed by atoms with Crippen molar-refractivity contribution >= 4 is 23.9 Å². The summed E-state index contributed by atoms with van der Waals surface area (Å²) in [5.41, 5.74) is 0.868. The molecule has 0 aromatic heterocycles. The van der Waals surface area contributed by atoms with Gasteiger partial charge in [-0.1, -0.05) is 19.1 Å². The lowest BCUT2D eigenvalue weighted by Gasteiger charge is -2.09. The number of esters is 1. The summed E-state index contributed by atoms with van der Waals surface area (Å²) in [7, 11) is 0. The van der Waals surface area contributed by atoms with Gasteiger partial charge in [0, 0.05) is 20.4 Å². The maximum atomic E-state index is 12.0. The second-order valence-corrected chi connectivity index (χ2v) is 4.66. The van der Waals surface area contributed by atoms with Crippen LogP contribution in [-0.4, -0.2) is 24.3 Å². The van der Waals surface area contributed by atoms with Crippen molar-refractivity contribution in [3.05, 3.63) is 35.5 Å². The number of benzene rings is 1. The molecule has 0 bridgehead atoms. The molecule has 1 aromatic carbocycles. The SMILES string of the molecule is CCCNC(=O)/C(=C/c1ccc(OC(C)=O)cc1)NC(C)=O. The van der Waals surface area contributed by atoms with E-state index in [0.29, 0.717) is 17.9 Å². The number of rotatable bonds is 6. The second-order valence-electron chi connectivity index (χ2n) is 4.66. The van der Waals surface area contributed by atoms with Crippen molar-refractivity contribution in [2.45, 2.75) is 27.2 Å². The topological polar surface area (TPSA) is 84.5 Å². The molecule has 0 radical (unpaired) electrons. The van der Waals surface area contributed by atoms with E-state index in [1.165, 1.54) is 13.8 Å². The van der Waals surface area contributed by atoms with Gasteiger partial charge in [0.2, 0.25) is 5.91 Å². The fraction of sp³-hybridized carbons (Fsp3) is 0.312. The number of nitrogens with one attached hydrogen (secondary N) is 2. The largest absolute Gasteiger partial charge is 0.427 e. The van der Waals surface area contributed by atoms with E-state index in [9.17, 15) is 14.4 Å². The van der Waals surface area contributed by atoms with Crippen LogP contribution in [-0.2, 0) is 14.4 Å². The van der Waals surface area contributed by atoms with Crippen LogP contribution in [0, 0.1) is 0 Å². The Morgan fingerprint density at radius 1 is 1.14 bits per heavy atom. The van der Waals surface area contributed by atoms with Crippen molar-refractivity contribution in [3.8, 4) is 5.75 Å². The number of hydrogen-bond donors (Lipinski definition) is 2. The van der Waals surface area contributed by atoms with Crippen molar-refractivity contribution < 1.29 is 19.1 Å². The van der Waals surface area contributed by atoms with E-state index in [1.807, 2.05) is 6.92 Å². The number of amides is 2. The summed E-state index contributed by atoms with van der Waals surface area (Å²) in [6.07, 6.45) is 2.36. The van der Waals surface area contributed by atoms with Crippen LogP contribution in [0.2, 0.25) is 0 Å². The lowest BCUT2D eigenvalue weighted by molar-refractivity contribution is -0.131.